The number of likely N-dealkylation sites (tertiary alicyclic amines) is 4. The van der Waals surface area contributed by atoms with Gasteiger partial charge in [0, 0.05) is 80.7 Å². The monoisotopic (exact) mass is 1660 g/mol. The number of para-hydroxylation sites is 1. The summed E-state index contributed by atoms with van der Waals surface area (Å²) in [6.07, 6.45) is 32.2. The van der Waals surface area contributed by atoms with Gasteiger partial charge in [-0.25, -0.2) is 73.0 Å². The maximum atomic E-state index is 14.7. The van der Waals surface area contributed by atoms with Gasteiger partial charge in [-0.1, -0.05) is 76.7 Å². The Hall–Kier alpha value is -12.3. The zero-order chi connectivity index (χ0) is 80.4. The number of amides is 4. The van der Waals surface area contributed by atoms with Crippen LogP contribution in [-0.2, 0) is 0 Å². The Labute approximate surface area is 686 Å². The van der Waals surface area contributed by atoms with E-state index in [9.17, 15) is 32.3 Å². The topological polar surface area (TPSA) is 345 Å². The summed E-state index contributed by atoms with van der Waals surface area (Å²) in [6.45, 7) is 2.73. The fourth-order valence-electron chi connectivity index (χ4n) is 17.7. The van der Waals surface area contributed by atoms with Crippen molar-refractivity contribution in [3.05, 3.63) is 250 Å². The van der Waals surface area contributed by atoms with Crippen LogP contribution in [0.3, 0.4) is 0 Å². The molecule has 0 spiro atoms. The number of aromatic nitrogens is 18. The Morgan fingerprint density at radius 3 is 1.13 bits per heavy atom. The number of fused-ring (bicyclic) bond motifs is 8. The number of nitrogens with zero attached hydrogens (tertiary/aromatic N) is 22. The van der Waals surface area contributed by atoms with Crippen molar-refractivity contribution >= 4 is 93.3 Å². The molecule has 4 N–H and O–H groups in total. The molecule has 12 unspecified atom stereocenters. The van der Waals surface area contributed by atoms with Crippen molar-refractivity contribution in [2.24, 2.45) is 23.7 Å². The van der Waals surface area contributed by atoms with E-state index in [0.717, 1.165) is 68.3 Å². The highest BCUT2D eigenvalue weighted by molar-refractivity contribution is 6.30. The Kier molecular flexibility index (Phi) is 22.4. The molecule has 4 aliphatic carbocycles. The van der Waals surface area contributed by atoms with Crippen LogP contribution in [0.1, 0.15) is 92.8 Å². The van der Waals surface area contributed by atoms with Crippen molar-refractivity contribution in [3.8, 4) is 34.2 Å². The van der Waals surface area contributed by atoms with Crippen LogP contribution in [0.25, 0.3) is 34.2 Å². The number of carbonyl (C=O) groups is 4. The van der Waals surface area contributed by atoms with Crippen LogP contribution in [0.2, 0.25) is 20.6 Å². The van der Waals surface area contributed by atoms with Crippen molar-refractivity contribution in [3.63, 3.8) is 0 Å². The summed E-state index contributed by atoms with van der Waals surface area (Å²) in [5, 5.41) is 31.0. The molecule has 594 valence electrons. The lowest BCUT2D eigenvalue weighted by Crippen LogP contribution is -2.48. The standard InChI is InChI=1S/C21H18ClFN6O.C21H19ClN6O.2C19H17ClFN7O/c22-17-9-27-18(10-26-17)28-15-7-12-8-16(15)29(11-12)21(30)13-3-1-4-14(23)19(13)20-24-5-2-6-25-20;22-18-10-26-19(11-25-18)27-16-8-13-9-17(16)28(12-13)21(29)15-5-2-1-4-14(15)20-23-6-3-7-24-20;20-17-8-23-18(9-22-17)26-14-5-11-6-16(14)27(10-11)19(29)13-7-12(21)1-2-15(13)28-24-3-4-25-28;20-16-8-23-17(9-22-16)26-14-6-11-7-15(14)27(10-11)19(29)12-2-1-3-13(21)18(12)28-24-4-5-25-28/h1-6,9-10,12,15-16H,7-8,11H2,(H,27,28);1-7,10-11,13,16-17H,8-9,12H2,(H,26,27);1-4,7-9,11,14,16H,5-6,10H2,(H,23,26);1-5,8-9,11,14-15H,6-7,10H2,(H,23,26). The summed E-state index contributed by atoms with van der Waals surface area (Å²) in [5.41, 5.74) is 2.83. The second-order valence-corrected chi connectivity index (χ2v) is 31.2. The number of hydrogen-bond acceptors (Lipinski definition) is 24. The molecule has 12 aromatic rings. The molecule has 8 aliphatic rings. The van der Waals surface area contributed by atoms with Gasteiger partial charge in [0.25, 0.3) is 23.6 Å². The van der Waals surface area contributed by atoms with Gasteiger partial charge >= 0.3 is 0 Å². The quantitative estimate of drug-likeness (QED) is 0.0698. The first kappa shape index (κ1) is 77.3. The number of nitrogens with one attached hydrogen (secondary N) is 4. The van der Waals surface area contributed by atoms with Crippen LogP contribution in [0.15, 0.2) is 190 Å². The molecule has 4 saturated carbocycles. The lowest BCUT2D eigenvalue weighted by atomic mass is 10.0. The maximum absolute atomic E-state index is 14.7. The van der Waals surface area contributed by atoms with Gasteiger partial charge in [0.15, 0.2) is 17.5 Å². The molecule has 8 bridgehead atoms. The van der Waals surface area contributed by atoms with Gasteiger partial charge in [-0.05, 0) is 136 Å². The first-order valence-electron chi connectivity index (χ1n) is 37.9. The molecule has 4 aliphatic heterocycles. The van der Waals surface area contributed by atoms with Crippen molar-refractivity contribution < 1.29 is 32.3 Å². The highest BCUT2D eigenvalue weighted by Crippen LogP contribution is 2.45. The number of piperidine rings is 4. The van der Waals surface area contributed by atoms with Gasteiger partial charge in [0.05, 0.1) is 132 Å². The van der Waals surface area contributed by atoms with Crippen LogP contribution >= 0.6 is 46.4 Å². The highest BCUT2D eigenvalue weighted by atomic mass is 35.5. The number of anilines is 4. The second kappa shape index (κ2) is 33.9. The molecule has 12 heterocycles. The van der Waals surface area contributed by atoms with Gasteiger partial charge in [0.1, 0.15) is 61.2 Å². The van der Waals surface area contributed by atoms with Gasteiger partial charge < -0.3 is 40.9 Å². The summed E-state index contributed by atoms with van der Waals surface area (Å²) >= 11 is 23.2. The molecule has 20 rings (SSSR count). The van der Waals surface area contributed by atoms with Crippen LogP contribution in [-0.4, -0.2) is 208 Å². The normalized spacial score (nSPS) is 22.7. The van der Waals surface area contributed by atoms with E-state index in [-0.39, 0.29) is 106 Å². The zero-order valence-corrected chi connectivity index (χ0v) is 65.0. The van der Waals surface area contributed by atoms with Gasteiger partial charge in [-0.3, -0.25) is 19.2 Å². The van der Waals surface area contributed by atoms with E-state index in [1.54, 1.807) is 67.5 Å². The van der Waals surface area contributed by atoms with E-state index in [1.807, 2.05) is 43.9 Å². The largest absolute Gasteiger partial charge is 0.364 e. The first-order chi connectivity index (χ1) is 57.0. The Morgan fingerprint density at radius 1 is 0.342 bits per heavy atom. The zero-order valence-electron chi connectivity index (χ0n) is 61.9. The molecular formula is C80H71Cl4F3N26O4. The SMILES string of the molecule is O=C(c1cc(F)ccc1-n1nccn1)N1CC2CC(Nc3cnc(Cl)cn3)C1C2.O=C(c1cccc(F)c1-c1ncccn1)N1CC2CC(Nc3cnc(Cl)cn3)C1C2.O=C(c1cccc(F)c1-n1nccn1)N1CC2CC(Nc3cnc(Cl)cn3)C1C2.O=C(c1ccccc1-c1ncccn1)N1CC2CC(Nc3cnc(Cl)cn3)C1C2. The Morgan fingerprint density at radius 2 is 0.709 bits per heavy atom. The molecule has 30 nitrogen and oxygen atoms in total. The molecular weight excluding hydrogens is 1590 g/mol. The van der Waals surface area contributed by atoms with Crippen molar-refractivity contribution in [1.82, 2.24) is 109 Å². The van der Waals surface area contributed by atoms with E-state index in [0.29, 0.717) is 104 Å². The number of rotatable bonds is 16. The van der Waals surface area contributed by atoms with Crippen molar-refractivity contribution in [1.29, 1.82) is 0 Å². The smallest absolute Gasteiger partial charge is 0.256 e. The van der Waals surface area contributed by atoms with Crippen LogP contribution in [0.4, 0.5) is 36.4 Å². The van der Waals surface area contributed by atoms with Crippen LogP contribution < -0.4 is 21.3 Å². The fraction of sp³-hybridized carbons (Fsp3) is 0.300. The fourth-order valence-corrected chi connectivity index (χ4v) is 18.0. The van der Waals surface area contributed by atoms with Gasteiger partial charge in [-0.2, -0.15) is 25.2 Å². The highest BCUT2D eigenvalue weighted by Gasteiger charge is 2.52. The lowest BCUT2D eigenvalue weighted by molar-refractivity contribution is 0.0684. The minimum Gasteiger partial charge on any atom is -0.364 e. The van der Waals surface area contributed by atoms with E-state index >= 15 is 0 Å². The molecule has 4 amide bonds. The second-order valence-electron chi connectivity index (χ2n) is 29.6. The predicted molar refractivity (Wildman–Crippen MR) is 426 cm³/mol. The molecule has 37 heteroatoms. The average Bonchev–Trinajstić information content (AvgIpc) is 1.65. The Balaban J connectivity index is 0.000000112. The average molecular weight is 1660 g/mol. The summed E-state index contributed by atoms with van der Waals surface area (Å²) in [4.78, 5) is 114. The van der Waals surface area contributed by atoms with Crippen LogP contribution in [0, 0.1) is 41.1 Å². The third-order valence-corrected chi connectivity index (χ3v) is 23.2. The molecule has 8 fully saturated rings. The minimum absolute atomic E-state index is 0.00668. The summed E-state index contributed by atoms with van der Waals surface area (Å²) in [7, 11) is 0. The maximum Gasteiger partial charge on any atom is 0.256 e. The third-order valence-electron chi connectivity index (χ3n) is 22.4. The molecule has 4 saturated heterocycles. The molecule has 4 aromatic carbocycles. The number of hydrogen-bond donors (Lipinski definition) is 4. The van der Waals surface area contributed by atoms with Gasteiger partial charge in [0.2, 0.25) is 0 Å². The van der Waals surface area contributed by atoms with Gasteiger partial charge in [-0.15, -0.1) is 4.80 Å². The number of benzene rings is 4. The minimum atomic E-state index is -0.539. The van der Waals surface area contributed by atoms with E-state index in [4.69, 9.17) is 46.4 Å². The molecule has 117 heavy (non-hydrogen) atoms. The van der Waals surface area contributed by atoms with Crippen molar-refractivity contribution in [2.75, 3.05) is 47.4 Å². The van der Waals surface area contributed by atoms with Crippen LogP contribution in [0.5, 0.6) is 0 Å². The molecule has 12 atom stereocenters. The number of carbonyl (C=O) groups excluding carboxylic acids is 4. The third kappa shape index (κ3) is 16.7. The predicted octanol–water partition coefficient (Wildman–Crippen LogP) is 11.9. The molecule has 8 aromatic heterocycles. The van der Waals surface area contributed by atoms with E-state index in [2.05, 4.69) is 101 Å². The van der Waals surface area contributed by atoms with Crippen molar-refractivity contribution in [2.45, 2.75) is 99.7 Å². The lowest BCUT2D eigenvalue weighted by Gasteiger charge is -2.34. The molecule has 0 radical (unpaired) electrons. The summed E-state index contributed by atoms with van der Waals surface area (Å²) in [6, 6.07) is 24.4. The van der Waals surface area contributed by atoms with E-state index in [1.165, 1.54) is 103 Å². The summed E-state index contributed by atoms with van der Waals surface area (Å²) in [5.74, 6) is 2.80. The van der Waals surface area contributed by atoms with E-state index < -0.39 is 17.5 Å². The summed E-state index contributed by atoms with van der Waals surface area (Å²) < 4.78 is 43.2. The first-order valence-corrected chi connectivity index (χ1v) is 39.4. The Bertz CT molecular complexity index is 5470. The number of halogens is 7.